The van der Waals surface area contributed by atoms with E-state index in [0.29, 0.717) is 12.8 Å². The second-order valence-electron chi connectivity index (χ2n) is 6.79. The molecule has 21 heavy (non-hydrogen) atoms. The quantitative estimate of drug-likeness (QED) is 0.530. The number of rotatable bonds is 3. The molecular weight excluding hydrogens is 385 g/mol. The molecule has 0 saturated carbocycles. The lowest BCUT2D eigenvalue weighted by atomic mass is 9.88. The Labute approximate surface area is 140 Å². The molecule has 0 amide bonds. The zero-order valence-electron chi connectivity index (χ0n) is 13.3. The Morgan fingerprint density at radius 2 is 1.81 bits per heavy atom. The molecule has 4 atom stereocenters. The van der Waals surface area contributed by atoms with Gasteiger partial charge in [-0.1, -0.05) is 22.6 Å². The van der Waals surface area contributed by atoms with Gasteiger partial charge in [0, 0.05) is 17.3 Å². The molecule has 2 fully saturated rings. The number of nitriles is 1. The van der Waals surface area contributed by atoms with Crippen LogP contribution in [0, 0.1) is 11.3 Å². The third-order valence-corrected chi connectivity index (χ3v) is 4.77. The lowest BCUT2D eigenvalue weighted by Gasteiger charge is -2.45. The van der Waals surface area contributed by atoms with E-state index in [0.717, 1.165) is 4.43 Å². The first-order chi connectivity index (χ1) is 9.60. The van der Waals surface area contributed by atoms with E-state index in [-0.39, 0.29) is 18.3 Å². The maximum Gasteiger partial charge on any atom is 0.165 e. The van der Waals surface area contributed by atoms with Crippen molar-refractivity contribution in [3.8, 4) is 6.07 Å². The van der Waals surface area contributed by atoms with Gasteiger partial charge in [0.25, 0.3) is 0 Å². The molecule has 0 spiro atoms. The summed E-state index contributed by atoms with van der Waals surface area (Å²) in [7, 11) is 0. The summed E-state index contributed by atoms with van der Waals surface area (Å²) < 4.78 is 24.4. The topological polar surface area (TPSA) is 60.7 Å². The van der Waals surface area contributed by atoms with Gasteiger partial charge in [-0.15, -0.1) is 0 Å². The van der Waals surface area contributed by atoms with Crippen molar-refractivity contribution in [3.05, 3.63) is 0 Å². The lowest BCUT2D eigenvalue weighted by molar-refractivity contribution is -0.319. The van der Waals surface area contributed by atoms with Crippen molar-refractivity contribution in [2.24, 2.45) is 0 Å². The van der Waals surface area contributed by atoms with E-state index >= 15 is 0 Å². The molecule has 0 aliphatic carbocycles. The van der Waals surface area contributed by atoms with Gasteiger partial charge in [-0.3, -0.25) is 0 Å². The number of hydrogen-bond donors (Lipinski definition) is 0. The monoisotopic (exact) mass is 409 g/mol. The average molecular weight is 409 g/mol. The third kappa shape index (κ3) is 4.08. The molecule has 120 valence electrons. The van der Waals surface area contributed by atoms with E-state index in [1.54, 1.807) is 0 Å². The highest BCUT2D eigenvalue weighted by molar-refractivity contribution is 14.1. The van der Waals surface area contributed by atoms with Crippen LogP contribution in [0.4, 0.5) is 0 Å². The van der Waals surface area contributed by atoms with Crippen molar-refractivity contribution < 1.29 is 18.9 Å². The predicted octanol–water partition coefficient (Wildman–Crippen LogP) is 3.16. The van der Waals surface area contributed by atoms with Crippen LogP contribution in [-0.2, 0) is 18.9 Å². The van der Waals surface area contributed by atoms with Crippen molar-refractivity contribution in [2.75, 3.05) is 4.43 Å². The van der Waals surface area contributed by atoms with Gasteiger partial charge in [0.1, 0.15) is 0 Å². The largest absolute Gasteiger partial charge is 0.346 e. The van der Waals surface area contributed by atoms with E-state index in [2.05, 4.69) is 28.7 Å². The Bertz CT molecular complexity index is 434. The zero-order valence-corrected chi connectivity index (χ0v) is 15.5. The fourth-order valence-electron chi connectivity index (χ4n) is 3.22. The Hall–Kier alpha value is 0.0600. The molecule has 6 heteroatoms. The molecule has 5 nitrogen and oxygen atoms in total. The lowest BCUT2D eigenvalue weighted by Crippen LogP contribution is -2.54. The summed E-state index contributed by atoms with van der Waals surface area (Å²) in [5, 5.41) is 9.73. The van der Waals surface area contributed by atoms with Gasteiger partial charge >= 0.3 is 0 Å². The first kappa shape index (κ1) is 17.4. The molecular formula is C15H24INO4. The van der Waals surface area contributed by atoms with Crippen LogP contribution in [0.3, 0.4) is 0 Å². The van der Waals surface area contributed by atoms with Crippen LogP contribution in [0.5, 0.6) is 0 Å². The third-order valence-electron chi connectivity index (χ3n) is 3.78. The van der Waals surface area contributed by atoms with Gasteiger partial charge in [0.2, 0.25) is 0 Å². The number of hydrogen-bond acceptors (Lipinski definition) is 5. The highest BCUT2D eigenvalue weighted by Crippen LogP contribution is 2.41. The molecule has 2 aliphatic heterocycles. The zero-order chi connectivity index (χ0) is 15.9. The summed E-state index contributed by atoms with van der Waals surface area (Å²) >= 11 is 2.28. The van der Waals surface area contributed by atoms with Crippen molar-refractivity contribution in [1.29, 1.82) is 5.26 Å². The van der Waals surface area contributed by atoms with Crippen LogP contribution in [0.15, 0.2) is 0 Å². The summed E-state index contributed by atoms with van der Waals surface area (Å²) in [5.74, 6) is -1.37. The Morgan fingerprint density at radius 1 is 1.14 bits per heavy atom. The minimum atomic E-state index is -0.889. The molecule has 2 rings (SSSR count). The number of alkyl halides is 1. The Balaban J connectivity index is 2.16. The second-order valence-corrected chi connectivity index (χ2v) is 7.67. The molecule has 0 unspecified atom stereocenters. The van der Waals surface area contributed by atoms with Crippen LogP contribution in [0.1, 0.15) is 47.5 Å². The molecule has 0 N–H and O–H groups in total. The van der Waals surface area contributed by atoms with Crippen LogP contribution in [-0.4, -0.2) is 39.9 Å². The minimum Gasteiger partial charge on any atom is -0.346 e. The van der Waals surface area contributed by atoms with Gasteiger partial charge in [-0.2, -0.15) is 5.26 Å². The van der Waals surface area contributed by atoms with Crippen molar-refractivity contribution in [1.82, 2.24) is 0 Å². The maximum atomic E-state index is 9.73. The van der Waals surface area contributed by atoms with E-state index in [1.807, 2.05) is 34.6 Å². The van der Waals surface area contributed by atoms with Crippen LogP contribution < -0.4 is 0 Å². The van der Waals surface area contributed by atoms with Crippen LogP contribution in [0.25, 0.3) is 0 Å². The van der Waals surface area contributed by atoms with Crippen molar-refractivity contribution >= 4 is 22.6 Å². The maximum absolute atomic E-state index is 9.73. The molecule has 0 aromatic heterocycles. The molecule has 0 aromatic rings. The SMILES string of the molecule is C[C@@H]1OC(C)(C)O[C@H]1C[C@]1(C#N)C[C@@H](CI)OC(C)(C)O1. The second kappa shape index (κ2) is 5.93. The van der Waals surface area contributed by atoms with E-state index in [9.17, 15) is 5.26 Å². The smallest absolute Gasteiger partial charge is 0.165 e. The van der Waals surface area contributed by atoms with Gasteiger partial charge in [0.15, 0.2) is 17.2 Å². The molecule has 0 aromatic carbocycles. The number of ether oxygens (including phenoxy) is 4. The fourth-order valence-corrected chi connectivity index (χ4v) is 3.71. The van der Waals surface area contributed by atoms with Gasteiger partial charge < -0.3 is 18.9 Å². The van der Waals surface area contributed by atoms with Crippen LogP contribution >= 0.6 is 22.6 Å². The minimum absolute atomic E-state index is 0.0136. The summed E-state index contributed by atoms with van der Waals surface area (Å²) in [4.78, 5) is 0. The van der Waals surface area contributed by atoms with Gasteiger partial charge in [-0.05, 0) is 34.6 Å². The normalized spacial score (nSPS) is 41.7. The van der Waals surface area contributed by atoms with E-state index in [1.165, 1.54) is 0 Å². The highest BCUT2D eigenvalue weighted by Gasteiger charge is 2.50. The first-order valence-corrected chi connectivity index (χ1v) is 8.84. The highest BCUT2D eigenvalue weighted by atomic mass is 127. The Kier molecular flexibility index (Phi) is 4.92. The van der Waals surface area contributed by atoms with Gasteiger partial charge in [0.05, 0.1) is 24.4 Å². The van der Waals surface area contributed by atoms with E-state index in [4.69, 9.17) is 18.9 Å². The van der Waals surface area contributed by atoms with Crippen LogP contribution in [0.2, 0.25) is 0 Å². The molecule has 2 heterocycles. The first-order valence-electron chi connectivity index (χ1n) is 7.31. The van der Waals surface area contributed by atoms with Crippen molar-refractivity contribution in [3.63, 3.8) is 0 Å². The molecule has 2 saturated heterocycles. The summed E-state index contributed by atoms with van der Waals surface area (Å²) in [6.07, 6.45) is 0.859. The summed E-state index contributed by atoms with van der Waals surface area (Å²) in [6, 6.07) is 2.37. The average Bonchev–Trinajstić information content (AvgIpc) is 2.60. The number of nitrogens with zero attached hydrogens (tertiary/aromatic N) is 1. The summed E-state index contributed by atoms with van der Waals surface area (Å²) in [5.41, 5.74) is -0.889. The fraction of sp³-hybridized carbons (Fsp3) is 0.933. The predicted molar refractivity (Wildman–Crippen MR) is 86.0 cm³/mol. The standard InChI is InChI=1S/C15H24INO4/c1-10-12(20-13(2,3)18-10)7-15(9-17)6-11(8-16)19-14(4,5)21-15/h10-12H,6-8H2,1-5H3/t10-,11-,12-,15-/m0/s1. The van der Waals surface area contributed by atoms with E-state index < -0.39 is 17.2 Å². The molecule has 2 aliphatic rings. The Morgan fingerprint density at radius 3 is 2.29 bits per heavy atom. The summed E-state index contributed by atoms with van der Waals surface area (Å²) in [6.45, 7) is 9.48. The van der Waals surface area contributed by atoms with Gasteiger partial charge in [-0.25, -0.2) is 0 Å². The molecule has 0 bridgehead atoms. The van der Waals surface area contributed by atoms with Crippen molar-refractivity contribution in [2.45, 2.75) is 82.9 Å². The number of halogens is 1. The molecule has 0 radical (unpaired) electrons.